The Labute approximate surface area is 123 Å². The number of nitrogens with zero attached hydrogens (tertiary/aromatic N) is 2. The van der Waals surface area contributed by atoms with E-state index in [0.29, 0.717) is 12.1 Å². The van der Waals surface area contributed by atoms with E-state index in [4.69, 9.17) is 0 Å². The first-order chi connectivity index (χ1) is 10.1. The van der Waals surface area contributed by atoms with Crippen LogP contribution < -0.4 is 0 Å². The number of rotatable bonds is 2. The molecule has 0 radical (unpaired) electrons. The molecule has 108 valence electrons. The van der Waals surface area contributed by atoms with Crippen molar-refractivity contribution < 1.29 is 9.18 Å². The molecule has 0 N–H and O–H groups in total. The monoisotopic (exact) mass is 284 g/mol. The van der Waals surface area contributed by atoms with E-state index in [1.54, 1.807) is 18.3 Å². The summed E-state index contributed by atoms with van der Waals surface area (Å²) in [5.74, 6) is 0.0791. The lowest BCUT2D eigenvalue weighted by Gasteiger charge is -2.16. The predicted octanol–water partition coefficient (Wildman–Crippen LogP) is 3.16. The molecule has 4 heteroatoms. The van der Waals surface area contributed by atoms with Gasteiger partial charge in [-0.15, -0.1) is 0 Å². The largest absolute Gasteiger partial charge is 0.338 e. The summed E-state index contributed by atoms with van der Waals surface area (Å²) in [4.78, 5) is 18.4. The topological polar surface area (TPSA) is 33.2 Å². The van der Waals surface area contributed by atoms with Gasteiger partial charge in [0, 0.05) is 30.9 Å². The van der Waals surface area contributed by atoms with Gasteiger partial charge >= 0.3 is 0 Å². The summed E-state index contributed by atoms with van der Waals surface area (Å²) >= 11 is 0. The highest BCUT2D eigenvalue weighted by Gasteiger charge is 2.28. The van der Waals surface area contributed by atoms with Crippen molar-refractivity contribution in [3.8, 4) is 0 Å². The third-order valence-corrected chi connectivity index (χ3v) is 3.98. The van der Waals surface area contributed by atoms with Crippen molar-refractivity contribution in [2.75, 3.05) is 13.1 Å². The van der Waals surface area contributed by atoms with Gasteiger partial charge in [0.15, 0.2) is 0 Å². The van der Waals surface area contributed by atoms with Crippen molar-refractivity contribution >= 4 is 5.91 Å². The third-order valence-electron chi connectivity index (χ3n) is 3.98. The average Bonchev–Trinajstić information content (AvgIpc) is 2.98. The molecule has 1 aromatic carbocycles. The molecule has 1 unspecified atom stereocenters. The van der Waals surface area contributed by atoms with Crippen molar-refractivity contribution in [2.45, 2.75) is 19.3 Å². The lowest BCUT2D eigenvalue weighted by Crippen LogP contribution is -2.28. The van der Waals surface area contributed by atoms with Crippen LogP contribution in [-0.2, 0) is 0 Å². The van der Waals surface area contributed by atoms with Crippen LogP contribution in [0.3, 0.4) is 0 Å². The number of hydrogen-bond acceptors (Lipinski definition) is 2. The zero-order chi connectivity index (χ0) is 14.8. The summed E-state index contributed by atoms with van der Waals surface area (Å²) in [6, 6.07) is 10.2. The third kappa shape index (κ3) is 2.94. The molecule has 1 aliphatic rings. The van der Waals surface area contributed by atoms with Gasteiger partial charge in [0.1, 0.15) is 5.82 Å². The summed E-state index contributed by atoms with van der Waals surface area (Å²) in [5.41, 5.74) is 2.62. The minimum absolute atomic E-state index is 0.0205. The zero-order valence-electron chi connectivity index (χ0n) is 11.9. The number of amides is 1. The van der Waals surface area contributed by atoms with Crippen LogP contribution in [0.4, 0.5) is 4.39 Å². The number of benzene rings is 1. The van der Waals surface area contributed by atoms with Gasteiger partial charge in [-0.05, 0) is 43.2 Å². The van der Waals surface area contributed by atoms with E-state index in [1.165, 1.54) is 12.1 Å². The molecule has 1 saturated heterocycles. The van der Waals surface area contributed by atoms with E-state index in [0.717, 1.165) is 24.2 Å². The molecule has 0 saturated carbocycles. The lowest BCUT2D eigenvalue weighted by atomic mass is 9.99. The average molecular weight is 284 g/mol. The Balaban J connectivity index is 1.70. The molecule has 1 amide bonds. The number of aromatic nitrogens is 1. The summed E-state index contributed by atoms with van der Waals surface area (Å²) in [7, 11) is 0. The molecule has 2 aromatic rings. The van der Waals surface area contributed by atoms with E-state index in [-0.39, 0.29) is 17.6 Å². The number of halogens is 1. The molecule has 1 aliphatic heterocycles. The Morgan fingerprint density at radius 2 is 2.00 bits per heavy atom. The standard InChI is InChI=1S/C17H17FN2O/c1-12-2-3-14(10-19-12)17(21)20-9-8-15(11-20)13-4-6-16(18)7-5-13/h2-7,10,15H,8-9,11H2,1H3. The summed E-state index contributed by atoms with van der Waals surface area (Å²) in [6.07, 6.45) is 2.54. The number of aryl methyl sites for hydroxylation is 1. The van der Waals surface area contributed by atoms with Crippen LogP contribution in [0.2, 0.25) is 0 Å². The smallest absolute Gasteiger partial charge is 0.255 e. The number of hydrogen-bond donors (Lipinski definition) is 0. The second kappa shape index (κ2) is 5.64. The Bertz CT molecular complexity index is 637. The number of pyridine rings is 1. The summed E-state index contributed by atoms with van der Waals surface area (Å²) in [6.45, 7) is 3.31. The molecule has 0 aliphatic carbocycles. The van der Waals surface area contributed by atoms with E-state index in [1.807, 2.05) is 24.0 Å². The SMILES string of the molecule is Cc1ccc(C(=O)N2CCC(c3ccc(F)cc3)C2)cn1. The van der Waals surface area contributed by atoms with Crippen LogP contribution in [0.5, 0.6) is 0 Å². The number of likely N-dealkylation sites (tertiary alicyclic amines) is 1. The first-order valence-electron chi connectivity index (χ1n) is 7.11. The molecule has 2 heterocycles. The highest BCUT2D eigenvalue weighted by molar-refractivity contribution is 5.94. The van der Waals surface area contributed by atoms with Crippen LogP contribution in [-0.4, -0.2) is 28.9 Å². The van der Waals surface area contributed by atoms with Gasteiger partial charge in [0.05, 0.1) is 5.56 Å². The van der Waals surface area contributed by atoms with E-state index in [2.05, 4.69) is 4.98 Å². The predicted molar refractivity (Wildman–Crippen MR) is 78.6 cm³/mol. The Morgan fingerprint density at radius 1 is 1.24 bits per heavy atom. The van der Waals surface area contributed by atoms with Crippen LogP contribution in [0, 0.1) is 12.7 Å². The van der Waals surface area contributed by atoms with E-state index in [9.17, 15) is 9.18 Å². The maximum atomic E-state index is 13.0. The first kappa shape index (κ1) is 13.7. The van der Waals surface area contributed by atoms with Gasteiger partial charge in [-0.25, -0.2) is 4.39 Å². The van der Waals surface area contributed by atoms with Gasteiger partial charge in [-0.2, -0.15) is 0 Å². The molecule has 0 spiro atoms. The Morgan fingerprint density at radius 3 is 2.67 bits per heavy atom. The number of carbonyl (C=O) groups is 1. The van der Waals surface area contributed by atoms with Crippen LogP contribution >= 0.6 is 0 Å². The van der Waals surface area contributed by atoms with Gasteiger partial charge in [-0.1, -0.05) is 12.1 Å². The second-order valence-corrected chi connectivity index (χ2v) is 5.48. The fraction of sp³-hybridized carbons (Fsp3) is 0.294. The molecule has 1 fully saturated rings. The lowest BCUT2D eigenvalue weighted by molar-refractivity contribution is 0.0790. The molecule has 1 atom stereocenters. The number of carbonyl (C=O) groups excluding carboxylic acids is 1. The van der Waals surface area contributed by atoms with E-state index >= 15 is 0 Å². The summed E-state index contributed by atoms with van der Waals surface area (Å²) < 4.78 is 13.0. The highest BCUT2D eigenvalue weighted by Crippen LogP contribution is 2.28. The Kier molecular flexibility index (Phi) is 3.69. The highest BCUT2D eigenvalue weighted by atomic mass is 19.1. The molecular weight excluding hydrogens is 267 g/mol. The van der Waals surface area contributed by atoms with E-state index < -0.39 is 0 Å². The molecule has 3 rings (SSSR count). The molecule has 21 heavy (non-hydrogen) atoms. The van der Waals surface area contributed by atoms with Crippen molar-refractivity contribution in [3.63, 3.8) is 0 Å². The first-order valence-corrected chi connectivity index (χ1v) is 7.11. The van der Waals surface area contributed by atoms with Gasteiger partial charge in [0.2, 0.25) is 0 Å². The van der Waals surface area contributed by atoms with Gasteiger partial charge in [0.25, 0.3) is 5.91 Å². The molecular formula is C17H17FN2O. The maximum absolute atomic E-state index is 13.0. The molecule has 0 bridgehead atoms. The molecule has 1 aromatic heterocycles. The van der Waals surface area contributed by atoms with Gasteiger partial charge < -0.3 is 4.90 Å². The minimum Gasteiger partial charge on any atom is -0.338 e. The van der Waals surface area contributed by atoms with Crippen molar-refractivity contribution in [1.82, 2.24) is 9.88 Å². The minimum atomic E-state index is -0.226. The Hall–Kier alpha value is -2.23. The second-order valence-electron chi connectivity index (χ2n) is 5.48. The quantitative estimate of drug-likeness (QED) is 0.848. The molecule has 3 nitrogen and oxygen atoms in total. The van der Waals surface area contributed by atoms with Gasteiger partial charge in [-0.3, -0.25) is 9.78 Å². The maximum Gasteiger partial charge on any atom is 0.255 e. The van der Waals surface area contributed by atoms with Crippen LogP contribution in [0.1, 0.15) is 34.0 Å². The van der Waals surface area contributed by atoms with Crippen LogP contribution in [0.25, 0.3) is 0 Å². The summed E-state index contributed by atoms with van der Waals surface area (Å²) in [5, 5.41) is 0. The van der Waals surface area contributed by atoms with Crippen molar-refractivity contribution in [1.29, 1.82) is 0 Å². The fourth-order valence-electron chi connectivity index (χ4n) is 2.73. The normalized spacial score (nSPS) is 18.0. The van der Waals surface area contributed by atoms with Crippen molar-refractivity contribution in [3.05, 3.63) is 65.2 Å². The zero-order valence-corrected chi connectivity index (χ0v) is 11.9. The fourth-order valence-corrected chi connectivity index (χ4v) is 2.73. The van der Waals surface area contributed by atoms with Crippen LogP contribution in [0.15, 0.2) is 42.6 Å². The van der Waals surface area contributed by atoms with Crippen molar-refractivity contribution in [2.24, 2.45) is 0 Å².